The van der Waals surface area contributed by atoms with Gasteiger partial charge in [-0.25, -0.2) is 0 Å². The first kappa shape index (κ1) is 16.1. The molecule has 1 aromatic rings. The Bertz CT molecular complexity index is 543. The van der Waals surface area contributed by atoms with Gasteiger partial charge in [-0.15, -0.1) is 13.2 Å². The molecule has 0 unspecified atom stereocenters. The van der Waals surface area contributed by atoms with Crippen molar-refractivity contribution in [2.45, 2.75) is 6.36 Å². The summed E-state index contributed by atoms with van der Waals surface area (Å²) in [6.07, 6.45) is -6.01. The van der Waals surface area contributed by atoms with E-state index >= 15 is 0 Å². The molecule has 1 aliphatic heterocycles. The van der Waals surface area contributed by atoms with E-state index in [4.69, 9.17) is 4.74 Å². The largest absolute Gasteiger partial charge is 0.573 e. The van der Waals surface area contributed by atoms with Gasteiger partial charge in [-0.05, 0) is 12.1 Å². The molecule has 6 nitrogen and oxygen atoms in total. The van der Waals surface area contributed by atoms with Crippen LogP contribution in [0.3, 0.4) is 0 Å². The third kappa shape index (κ3) is 3.86. The first-order chi connectivity index (χ1) is 10.3. The number of anilines is 1. The third-order valence-corrected chi connectivity index (χ3v) is 3.26. The van der Waals surface area contributed by atoms with Crippen molar-refractivity contribution < 1.29 is 32.5 Å². The Balaban J connectivity index is 2.13. The van der Waals surface area contributed by atoms with E-state index in [1.54, 1.807) is 0 Å². The van der Waals surface area contributed by atoms with Crippen LogP contribution in [0.1, 0.15) is 0 Å². The molecule has 1 aromatic carbocycles. The van der Waals surface area contributed by atoms with E-state index in [2.05, 4.69) is 4.74 Å². The van der Waals surface area contributed by atoms with E-state index in [-0.39, 0.29) is 24.6 Å². The van der Waals surface area contributed by atoms with Crippen LogP contribution < -0.4 is 19.5 Å². The molecular formula is C13H14F3N2O4-. The van der Waals surface area contributed by atoms with Crippen LogP contribution in [0, 0.1) is 0 Å². The van der Waals surface area contributed by atoms with Crippen molar-refractivity contribution in [2.75, 3.05) is 38.2 Å². The van der Waals surface area contributed by atoms with Gasteiger partial charge in [0.15, 0.2) is 0 Å². The van der Waals surface area contributed by atoms with Gasteiger partial charge in [-0.2, -0.15) is 0 Å². The number of hydrogen-bond acceptors (Lipinski definition) is 5. The van der Waals surface area contributed by atoms with E-state index in [0.29, 0.717) is 18.8 Å². The summed E-state index contributed by atoms with van der Waals surface area (Å²) in [5.41, 5.74) is 0.579. The highest BCUT2D eigenvalue weighted by Gasteiger charge is 2.31. The van der Waals surface area contributed by atoms with Gasteiger partial charge in [0.25, 0.3) is 0 Å². The van der Waals surface area contributed by atoms with Gasteiger partial charge < -0.3 is 29.2 Å². The van der Waals surface area contributed by atoms with Gasteiger partial charge in [0, 0.05) is 32.2 Å². The second-order valence-corrected chi connectivity index (χ2v) is 4.62. The molecule has 0 radical (unpaired) electrons. The average Bonchev–Trinajstić information content (AvgIpc) is 2.45. The van der Waals surface area contributed by atoms with E-state index < -0.39 is 12.5 Å². The molecule has 0 bridgehead atoms. The number of methoxy groups -OCH3 is 1. The van der Waals surface area contributed by atoms with Crippen LogP contribution in [0.4, 0.5) is 23.7 Å². The van der Waals surface area contributed by atoms with Gasteiger partial charge in [-0.1, -0.05) is 0 Å². The second-order valence-electron chi connectivity index (χ2n) is 4.62. The number of benzene rings is 1. The lowest BCUT2D eigenvalue weighted by molar-refractivity contribution is -0.274. The molecule has 0 N–H and O–H groups in total. The molecule has 122 valence electrons. The van der Waals surface area contributed by atoms with Gasteiger partial charge in [0.1, 0.15) is 17.6 Å². The van der Waals surface area contributed by atoms with Crippen LogP contribution in [0.5, 0.6) is 11.5 Å². The Morgan fingerprint density at radius 3 is 2.36 bits per heavy atom. The molecule has 0 aliphatic carbocycles. The van der Waals surface area contributed by atoms with E-state index in [0.717, 1.165) is 6.07 Å². The number of hydrogen-bond donors (Lipinski definition) is 0. The molecule has 1 heterocycles. The maximum absolute atomic E-state index is 12.2. The molecule has 1 saturated heterocycles. The number of halogens is 3. The minimum Gasteiger partial charge on any atom is -0.530 e. The van der Waals surface area contributed by atoms with Gasteiger partial charge >= 0.3 is 6.36 Å². The lowest BCUT2D eigenvalue weighted by Crippen LogP contribution is -2.52. The Morgan fingerprint density at radius 2 is 1.86 bits per heavy atom. The lowest BCUT2D eigenvalue weighted by atomic mass is 10.2. The number of amides is 1. The van der Waals surface area contributed by atoms with Gasteiger partial charge in [-0.3, -0.25) is 0 Å². The summed E-state index contributed by atoms with van der Waals surface area (Å²) in [7, 11) is 1.34. The molecule has 2 rings (SSSR count). The zero-order valence-corrected chi connectivity index (χ0v) is 11.7. The number of piperazine rings is 1. The predicted molar refractivity (Wildman–Crippen MR) is 68.9 cm³/mol. The molecule has 9 heteroatoms. The number of rotatable bonds is 3. The molecule has 1 fully saturated rings. The quantitative estimate of drug-likeness (QED) is 0.833. The van der Waals surface area contributed by atoms with E-state index in [1.165, 1.54) is 24.1 Å². The van der Waals surface area contributed by atoms with Crippen LogP contribution in [-0.2, 0) is 0 Å². The number of carbonyl (C=O) groups excluding carboxylic acids is 1. The summed E-state index contributed by atoms with van der Waals surface area (Å²) >= 11 is 0. The van der Waals surface area contributed by atoms with Crippen LogP contribution in [0.15, 0.2) is 18.2 Å². The van der Waals surface area contributed by atoms with E-state index in [9.17, 15) is 23.1 Å². The first-order valence-electron chi connectivity index (χ1n) is 6.45. The topological polar surface area (TPSA) is 65.1 Å². The van der Waals surface area contributed by atoms with Crippen LogP contribution >= 0.6 is 0 Å². The van der Waals surface area contributed by atoms with E-state index in [1.807, 2.05) is 4.90 Å². The predicted octanol–water partition coefficient (Wildman–Crippen LogP) is 1.06. The Labute approximate surface area is 124 Å². The zero-order chi connectivity index (χ0) is 16.3. The maximum atomic E-state index is 12.2. The number of carboxylic acid groups (broad SMARTS) is 1. The molecule has 0 spiro atoms. The highest BCUT2D eigenvalue weighted by Crippen LogP contribution is 2.34. The SMILES string of the molecule is COc1cc(OC(F)(F)F)ccc1N1CCN(C(=O)[O-])CC1. The van der Waals surface area contributed by atoms with Crippen molar-refractivity contribution in [3.63, 3.8) is 0 Å². The van der Waals surface area contributed by atoms with Crippen molar-refractivity contribution in [2.24, 2.45) is 0 Å². The van der Waals surface area contributed by atoms with Gasteiger partial charge in [0.2, 0.25) is 0 Å². The molecule has 1 amide bonds. The van der Waals surface area contributed by atoms with Crippen molar-refractivity contribution >= 4 is 11.8 Å². The van der Waals surface area contributed by atoms with Crippen LogP contribution in [-0.4, -0.2) is 50.6 Å². The fourth-order valence-electron chi connectivity index (χ4n) is 2.25. The monoisotopic (exact) mass is 319 g/mol. The van der Waals surface area contributed by atoms with Crippen molar-refractivity contribution in [1.29, 1.82) is 0 Å². The summed E-state index contributed by atoms with van der Waals surface area (Å²) < 4.78 is 45.6. The standard InChI is InChI=1S/C13H15F3N2O4/c1-21-11-8-9(22-13(14,15)16)2-3-10(11)17-4-6-18(7-5-17)12(19)20/h2-3,8H,4-7H2,1H3,(H,19,20)/p-1. The van der Waals surface area contributed by atoms with Crippen LogP contribution in [0.2, 0.25) is 0 Å². The smallest absolute Gasteiger partial charge is 0.530 e. The van der Waals surface area contributed by atoms with Crippen molar-refractivity contribution in [1.82, 2.24) is 4.90 Å². The fraction of sp³-hybridized carbons (Fsp3) is 0.462. The second kappa shape index (κ2) is 6.20. The normalized spacial score (nSPS) is 15.6. The summed E-state index contributed by atoms with van der Waals surface area (Å²) in [4.78, 5) is 13.7. The Morgan fingerprint density at radius 1 is 1.23 bits per heavy atom. The van der Waals surface area contributed by atoms with Crippen LogP contribution in [0.25, 0.3) is 0 Å². The summed E-state index contributed by atoms with van der Waals surface area (Å²) in [5, 5.41) is 10.7. The Kier molecular flexibility index (Phi) is 4.53. The highest BCUT2D eigenvalue weighted by atomic mass is 19.4. The lowest BCUT2D eigenvalue weighted by Gasteiger charge is -2.37. The first-order valence-corrected chi connectivity index (χ1v) is 6.45. The molecule has 22 heavy (non-hydrogen) atoms. The average molecular weight is 319 g/mol. The fourth-order valence-corrected chi connectivity index (χ4v) is 2.25. The zero-order valence-electron chi connectivity index (χ0n) is 11.7. The third-order valence-electron chi connectivity index (χ3n) is 3.26. The molecular weight excluding hydrogens is 305 g/mol. The number of carbonyl (C=O) groups is 1. The highest BCUT2D eigenvalue weighted by molar-refractivity contribution is 5.65. The van der Waals surface area contributed by atoms with Crippen molar-refractivity contribution in [3.8, 4) is 11.5 Å². The number of nitrogens with zero attached hydrogens (tertiary/aromatic N) is 2. The summed E-state index contributed by atoms with van der Waals surface area (Å²) in [6, 6.07) is 3.79. The maximum Gasteiger partial charge on any atom is 0.573 e. The molecule has 1 aliphatic rings. The molecule has 0 atom stereocenters. The summed E-state index contributed by atoms with van der Waals surface area (Å²) in [5.74, 6) is -0.148. The number of ether oxygens (including phenoxy) is 2. The molecule has 0 saturated carbocycles. The number of alkyl halides is 3. The van der Waals surface area contributed by atoms with Crippen molar-refractivity contribution in [3.05, 3.63) is 18.2 Å². The van der Waals surface area contributed by atoms with Gasteiger partial charge in [0.05, 0.1) is 12.8 Å². The molecule has 0 aromatic heterocycles. The minimum absolute atomic E-state index is 0.226. The Hall–Kier alpha value is -2.32. The minimum atomic E-state index is -4.77. The summed E-state index contributed by atoms with van der Waals surface area (Å²) in [6.45, 7) is 1.30.